The number of para-hydroxylation sites is 1. The van der Waals surface area contributed by atoms with E-state index >= 15 is 0 Å². The van der Waals surface area contributed by atoms with Gasteiger partial charge in [-0.3, -0.25) is 4.79 Å². The van der Waals surface area contributed by atoms with Crippen LogP contribution in [-0.4, -0.2) is 30.1 Å². The summed E-state index contributed by atoms with van der Waals surface area (Å²) in [6.45, 7) is 3.50. The van der Waals surface area contributed by atoms with Gasteiger partial charge in [0, 0.05) is 24.0 Å². The van der Waals surface area contributed by atoms with Crippen molar-refractivity contribution in [1.82, 2.24) is 10.3 Å². The highest BCUT2D eigenvalue weighted by Gasteiger charge is 2.24. The molecule has 1 amide bonds. The van der Waals surface area contributed by atoms with Crippen LogP contribution in [0.5, 0.6) is 0 Å². The maximum absolute atomic E-state index is 12.5. The average Bonchev–Trinajstić information content (AvgIpc) is 3.00. The number of hydrogen-bond donors (Lipinski definition) is 1. The molecule has 5 heteroatoms. The van der Waals surface area contributed by atoms with E-state index in [1.54, 1.807) is 6.07 Å². The highest BCUT2D eigenvalue weighted by molar-refractivity contribution is 6.30. The first-order valence-electron chi connectivity index (χ1n) is 7.09. The van der Waals surface area contributed by atoms with Gasteiger partial charge in [-0.2, -0.15) is 0 Å². The van der Waals surface area contributed by atoms with Crippen molar-refractivity contribution in [3.8, 4) is 0 Å². The molecule has 21 heavy (non-hydrogen) atoms. The van der Waals surface area contributed by atoms with E-state index in [9.17, 15) is 4.79 Å². The SMILES string of the molecule is CC(NC(=O)c1cc(Cl)nc2ccccc12)C1CCOC1. The van der Waals surface area contributed by atoms with Crippen LogP contribution in [-0.2, 0) is 4.74 Å². The lowest BCUT2D eigenvalue weighted by Crippen LogP contribution is -2.38. The van der Waals surface area contributed by atoms with E-state index < -0.39 is 0 Å². The molecule has 110 valence electrons. The number of pyridine rings is 1. The van der Waals surface area contributed by atoms with E-state index in [-0.39, 0.29) is 11.9 Å². The molecule has 2 aromatic rings. The molecule has 0 bridgehead atoms. The fourth-order valence-electron chi connectivity index (χ4n) is 2.68. The standard InChI is InChI=1S/C16H17ClN2O2/c1-10(11-6-7-21-9-11)18-16(20)13-8-15(17)19-14-5-3-2-4-12(13)14/h2-5,8,10-11H,6-7,9H2,1H3,(H,18,20). The first-order chi connectivity index (χ1) is 10.1. The van der Waals surface area contributed by atoms with Crippen LogP contribution in [0.15, 0.2) is 30.3 Å². The molecule has 0 spiro atoms. The van der Waals surface area contributed by atoms with Gasteiger partial charge in [-0.05, 0) is 25.5 Å². The van der Waals surface area contributed by atoms with Gasteiger partial charge in [0.05, 0.1) is 17.7 Å². The number of nitrogens with zero attached hydrogens (tertiary/aromatic N) is 1. The van der Waals surface area contributed by atoms with Gasteiger partial charge in [-0.15, -0.1) is 0 Å². The first kappa shape index (κ1) is 14.3. The molecular formula is C16H17ClN2O2. The quantitative estimate of drug-likeness (QED) is 0.887. The lowest BCUT2D eigenvalue weighted by Gasteiger charge is -2.19. The van der Waals surface area contributed by atoms with Gasteiger partial charge in [0.2, 0.25) is 0 Å². The highest BCUT2D eigenvalue weighted by atomic mass is 35.5. The van der Waals surface area contributed by atoms with Crippen LogP contribution in [0.25, 0.3) is 10.9 Å². The van der Waals surface area contributed by atoms with Gasteiger partial charge in [-0.25, -0.2) is 4.98 Å². The van der Waals surface area contributed by atoms with Crippen LogP contribution in [0.3, 0.4) is 0 Å². The number of ether oxygens (including phenoxy) is 1. The minimum Gasteiger partial charge on any atom is -0.381 e. The predicted molar refractivity (Wildman–Crippen MR) is 82.6 cm³/mol. The molecule has 1 aliphatic rings. The van der Waals surface area contributed by atoms with Gasteiger partial charge >= 0.3 is 0 Å². The van der Waals surface area contributed by atoms with Crippen LogP contribution in [0, 0.1) is 5.92 Å². The summed E-state index contributed by atoms with van der Waals surface area (Å²) >= 11 is 6.02. The lowest BCUT2D eigenvalue weighted by atomic mass is 10.00. The minimum absolute atomic E-state index is 0.0747. The molecule has 2 heterocycles. The monoisotopic (exact) mass is 304 g/mol. The Morgan fingerprint density at radius 3 is 3.05 bits per heavy atom. The van der Waals surface area contributed by atoms with Crippen molar-refractivity contribution in [2.45, 2.75) is 19.4 Å². The Balaban J connectivity index is 1.87. The zero-order valence-corrected chi connectivity index (χ0v) is 12.6. The molecule has 0 saturated carbocycles. The van der Waals surface area contributed by atoms with Gasteiger partial charge in [0.25, 0.3) is 5.91 Å². The summed E-state index contributed by atoms with van der Waals surface area (Å²) in [4.78, 5) is 16.8. The molecule has 1 saturated heterocycles. The molecule has 1 N–H and O–H groups in total. The summed E-state index contributed by atoms with van der Waals surface area (Å²) in [5, 5.41) is 4.20. The third-order valence-corrected chi connectivity index (χ3v) is 4.15. The Kier molecular flexibility index (Phi) is 4.08. The molecule has 2 unspecified atom stereocenters. The Morgan fingerprint density at radius 1 is 1.48 bits per heavy atom. The summed E-state index contributed by atoms with van der Waals surface area (Å²) in [6.07, 6.45) is 0.985. The van der Waals surface area contributed by atoms with E-state index in [0.29, 0.717) is 23.2 Å². The van der Waals surface area contributed by atoms with Crippen molar-refractivity contribution in [3.05, 3.63) is 41.0 Å². The van der Waals surface area contributed by atoms with Crippen molar-refractivity contribution in [2.24, 2.45) is 5.92 Å². The van der Waals surface area contributed by atoms with Gasteiger partial charge in [0.1, 0.15) is 5.15 Å². The van der Waals surface area contributed by atoms with E-state index in [0.717, 1.165) is 23.9 Å². The topological polar surface area (TPSA) is 51.2 Å². The molecule has 2 atom stereocenters. The number of halogens is 1. The van der Waals surface area contributed by atoms with Crippen LogP contribution < -0.4 is 5.32 Å². The lowest BCUT2D eigenvalue weighted by molar-refractivity contribution is 0.0924. The summed E-state index contributed by atoms with van der Waals surface area (Å²) in [5.74, 6) is 0.257. The fraction of sp³-hybridized carbons (Fsp3) is 0.375. The number of nitrogens with one attached hydrogen (secondary N) is 1. The zero-order chi connectivity index (χ0) is 14.8. The molecular weight excluding hydrogens is 288 g/mol. The second-order valence-corrected chi connectivity index (χ2v) is 5.78. The number of benzene rings is 1. The van der Waals surface area contributed by atoms with Gasteiger partial charge < -0.3 is 10.1 Å². The van der Waals surface area contributed by atoms with E-state index in [2.05, 4.69) is 10.3 Å². The summed E-state index contributed by atoms with van der Waals surface area (Å²) < 4.78 is 5.37. The number of fused-ring (bicyclic) bond motifs is 1. The third-order valence-electron chi connectivity index (χ3n) is 3.96. The predicted octanol–water partition coefficient (Wildman–Crippen LogP) is 3.04. The molecule has 4 nitrogen and oxygen atoms in total. The molecule has 1 fully saturated rings. The minimum atomic E-state index is -0.116. The Hall–Kier alpha value is -1.65. The van der Waals surface area contributed by atoms with Crippen molar-refractivity contribution in [2.75, 3.05) is 13.2 Å². The number of carbonyl (C=O) groups excluding carboxylic acids is 1. The smallest absolute Gasteiger partial charge is 0.252 e. The number of rotatable bonds is 3. The molecule has 3 rings (SSSR count). The van der Waals surface area contributed by atoms with E-state index in [4.69, 9.17) is 16.3 Å². The molecule has 1 aromatic carbocycles. The van der Waals surface area contributed by atoms with E-state index in [1.165, 1.54) is 0 Å². The highest BCUT2D eigenvalue weighted by Crippen LogP contribution is 2.22. The van der Waals surface area contributed by atoms with Crippen molar-refractivity contribution in [1.29, 1.82) is 0 Å². The number of aromatic nitrogens is 1. The van der Waals surface area contributed by atoms with Crippen LogP contribution in [0.2, 0.25) is 5.15 Å². The normalized spacial score (nSPS) is 19.6. The maximum Gasteiger partial charge on any atom is 0.252 e. The zero-order valence-electron chi connectivity index (χ0n) is 11.8. The van der Waals surface area contributed by atoms with Gasteiger partial charge in [-0.1, -0.05) is 29.8 Å². The number of carbonyl (C=O) groups is 1. The Morgan fingerprint density at radius 2 is 2.29 bits per heavy atom. The molecule has 0 radical (unpaired) electrons. The summed E-state index contributed by atoms with van der Waals surface area (Å²) in [5.41, 5.74) is 1.29. The molecule has 0 aliphatic carbocycles. The van der Waals surface area contributed by atoms with Crippen LogP contribution in [0.1, 0.15) is 23.7 Å². The van der Waals surface area contributed by atoms with Crippen molar-refractivity contribution < 1.29 is 9.53 Å². The molecule has 1 aliphatic heterocycles. The summed E-state index contributed by atoms with van der Waals surface area (Å²) in [6, 6.07) is 9.21. The number of amides is 1. The molecule has 1 aromatic heterocycles. The van der Waals surface area contributed by atoms with E-state index in [1.807, 2.05) is 31.2 Å². The fourth-order valence-corrected chi connectivity index (χ4v) is 2.88. The first-order valence-corrected chi connectivity index (χ1v) is 7.47. The van der Waals surface area contributed by atoms with Crippen molar-refractivity contribution >= 4 is 28.4 Å². The van der Waals surface area contributed by atoms with Gasteiger partial charge in [0.15, 0.2) is 0 Å². The maximum atomic E-state index is 12.5. The Bertz CT molecular complexity index is 668. The number of hydrogen-bond acceptors (Lipinski definition) is 3. The second-order valence-electron chi connectivity index (χ2n) is 5.40. The van der Waals surface area contributed by atoms with Crippen molar-refractivity contribution in [3.63, 3.8) is 0 Å². The van der Waals surface area contributed by atoms with Crippen LogP contribution in [0.4, 0.5) is 0 Å². The average molecular weight is 305 g/mol. The largest absolute Gasteiger partial charge is 0.381 e. The Labute approximate surface area is 128 Å². The third kappa shape index (κ3) is 3.01. The second kappa shape index (κ2) is 6.00. The summed E-state index contributed by atoms with van der Waals surface area (Å²) in [7, 11) is 0. The van der Waals surface area contributed by atoms with Crippen LogP contribution >= 0.6 is 11.6 Å².